The second kappa shape index (κ2) is 10.8. The van der Waals surface area contributed by atoms with Crippen molar-refractivity contribution >= 4 is 0 Å². The van der Waals surface area contributed by atoms with E-state index in [0.29, 0.717) is 0 Å². The molecule has 0 bridgehead atoms. The third-order valence-electron chi connectivity index (χ3n) is 4.50. The monoisotopic (exact) mass is 306 g/mol. The molecule has 0 radical (unpaired) electrons. The van der Waals surface area contributed by atoms with Gasteiger partial charge in [-0.05, 0) is 18.9 Å². The van der Waals surface area contributed by atoms with E-state index in [9.17, 15) is 0 Å². The molecule has 1 aromatic carbocycles. The van der Waals surface area contributed by atoms with Crippen LogP contribution in [0.3, 0.4) is 0 Å². The minimum atomic E-state index is -0.474. The third-order valence-corrected chi connectivity index (χ3v) is 4.50. The Morgan fingerprint density at radius 2 is 1.36 bits per heavy atom. The van der Waals surface area contributed by atoms with Crippen molar-refractivity contribution in [1.82, 2.24) is 0 Å². The van der Waals surface area contributed by atoms with Crippen LogP contribution in [0.1, 0.15) is 69.4 Å². The largest absolute Gasteiger partial charge is 0.353 e. The topological polar surface area (TPSA) is 18.5 Å². The Kier molecular flexibility index (Phi) is 9.42. The lowest BCUT2D eigenvalue weighted by molar-refractivity contribution is -0.210. The van der Waals surface area contributed by atoms with Crippen LogP contribution in [0.2, 0.25) is 0 Å². The first-order valence-corrected chi connectivity index (χ1v) is 8.81. The van der Waals surface area contributed by atoms with Gasteiger partial charge in [0.25, 0.3) is 0 Å². The molecule has 2 nitrogen and oxygen atoms in total. The molecule has 126 valence electrons. The third kappa shape index (κ3) is 6.93. The second-order valence-electron chi connectivity index (χ2n) is 6.35. The van der Waals surface area contributed by atoms with Gasteiger partial charge in [-0.25, -0.2) is 0 Å². The van der Waals surface area contributed by atoms with Crippen LogP contribution in [0.15, 0.2) is 24.3 Å². The number of benzene rings is 1. The van der Waals surface area contributed by atoms with Gasteiger partial charge in [-0.3, -0.25) is 0 Å². The quantitative estimate of drug-likeness (QED) is 0.366. The van der Waals surface area contributed by atoms with E-state index in [1.165, 1.54) is 56.1 Å². The number of ether oxygens (including phenoxy) is 2. The fourth-order valence-electron chi connectivity index (χ4n) is 2.89. The van der Waals surface area contributed by atoms with Crippen LogP contribution in [0.5, 0.6) is 0 Å². The minimum Gasteiger partial charge on any atom is -0.353 e. The summed E-state index contributed by atoms with van der Waals surface area (Å²) in [6.45, 7) is 4.37. The summed E-state index contributed by atoms with van der Waals surface area (Å²) in [7, 11) is 3.53. The van der Waals surface area contributed by atoms with Crippen LogP contribution in [-0.2, 0) is 15.9 Å². The molecule has 0 saturated carbocycles. The molecular weight excluding hydrogens is 272 g/mol. The lowest BCUT2D eigenvalue weighted by atomic mass is 9.97. The van der Waals surface area contributed by atoms with Gasteiger partial charge in [-0.1, -0.05) is 75.3 Å². The van der Waals surface area contributed by atoms with Gasteiger partial charge in [-0.2, -0.15) is 0 Å². The highest BCUT2D eigenvalue weighted by molar-refractivity contribution is 5.22. The van der Waals surface area contributed by atoms with Gasteiger partial charge >= 0.3 is 0 Å². The Labute approximate surface area is 137 Å². The van der Waals surface area contributed by atoms with Gasteiger partial charge < -0.3 is 9.47 Å². The van der Waals surface area contributed by atoms with Gasteiger partial charge in [0.2, 0.25) is 0 Å². The highest BCUT2D eigenvalue weighted by Crippen LogP contribution is 2.25. The fraction of sp³-hybridized carbons (Fsp3) is 0.700. The van der Waals surface area contributed by atoms with Crippen molar-refractivity contribution in [3.8, 4) is 0 Å². The number of hydrogen-bond acceptors (Lipinski definition) is 2. The predicted octanol–water partition coefficient (Wildman–Crippen LogP) is 5.67. The standard InChI is InChI=1S/C20H34O2/c1-5-6-7-8-9-10-11-16-20(21-3,22-4)17-19-14-12-18(2)13-15-19/h12-15H,5-11,16-17H2,1-4H3. The molecular formula is C20H34O2. The molecule has 0 N–H and O–H groups in total. The smallest absolute Gasteiger partial charge is 0.171 e. The number of methoxy groups -OCH3 is 2. The molecule has 0 spiro atoms. The molecule has 0 aliphatic heterocycles. The highest BCUT2D eigenvalue weighted by atomic mass is 16.7. The normalized spacial score (nSPS) is 11.8. The Morgan fingerprint density at radius 1 is 0.818 bits per heavy atom. The van der Waals surface area contributed by atoms with Crippen molar-refractivity contribution < 1.29 is 9.47 Å². The molecule has 0 fully saturated rings. The molecule has 22 heavy (non-hydrogen) atoms. The van der Waals surface area contributed by atoms with Crippen LogP contribution in [0.4, 0.5) is 0 Å². The zero-order valence-corrected chi connectivity index (χ0v) is 15.0. The van der Waals surface area contributed by atoms with E-state index in [4.69, 9.17) is 9.47 Å². The van der Waals surface area contributed by atoms with Crippen molar-refractivity contribution in [2.45, 2.75) is 77.4 Å². The van der Waals surface area contributed by atoms with Crippen molar-refractivity contribution in [2.75, 3.05) is 14.2 Å². The Hall–Kier alpha value is -0.860. The number of unbranched alkanes of at least 4 members (excludes halogenated alkanes) is 6. The first kappa shape index (κ1) is 19.2. The van der Waals surface area contributed by atoms with Crippen LogP contribution >= 0.6 is 0 Å². The van der Waals surface area contributed by atoms with E-state index in [1.54, 1.807) is 14.2 Å². The zero-order chi connectivity index (χ0) is 16.3. The summed E-state index contributed by atoms with van der Waals surface area (Å²) in [5.41, 5.74) is 2.56. The molecule has 0 unspecified atom stereocenters. The predicted molar refractivity (Wildman–Crippen MR) is 94.2 cm³/mol. The van der Waals surface area contributed by atoms with Gasteiger partial charge in [0.1, 0.15) is 0 Å². The molecule has 0 atom stereocenters. The molecule has 0 aliphatic carbocycles. The fourth-order valence-corrected chi connectivity index (χ4v) is 2.89. The van der Waals surface area contributed by atoms with Crippen molar-refractivity contribution in [3.05, 3.63) is 35.4 Å². The molecule has 1 rings (SSSR count). The lowest BCUT2D eigenvalue weighted by Crippen LogP contribution is -2.36. The summed E-state index contributed by atoms with van der Waals surface area (Å²) in [5.74, 6) is -0.474. The van der Waals surface area contributed by atoms with E-state index >= 15 is 0 Å². The first-order valence-electron chi connectivity index (χ1n) is 8.81. The molecule has 0 saturated heterocycles. The molecule has 0 aliphatic rings. The lowest BCUT2D eigenvalue weighted by Gasteiger charge is -2.31. The van der Waals surface area contributed by atoms with E-state index in [1.807, 2.05) is 0 Å². The average Bonchev–Trinajstić information content (AvgIpc) is 2.55. The first-order chi connectivity index (χ1) is 10.7. The second-order valence-corrected chi connectivity index (χ2v) is 6.35. The summed E-state index contributed by atoms with van der Waals surface area (Å²) in [6.07, 6.45) is 11.0. The van der Waals surface area contributed by atoms with Gasteiger partial charge in [0.15, 0.2) is 5.79 Å². The van der Waals surface area contributed by atoms with Crippen LogP contribution < -0.4 is 0 Å². The highest BCUT2D eigenvalue weighted by Gasteiger charge is 2.29. The zero-order valence-electron chi connectivity index (χ0n) is 15.0. The summed E-state index contributed by atoms with van der Waals surface area (Å²) in [5, 5.41) is 0. The van der Waals surface area contributed by atoms with Crippen LogP contribution in [0.25, 0.3) is 0 Å². The summed E-state index contributed by atoms with van der Waals surface area (Å²) in [4.78, 5) is 0. The molecule has 0 amide bonds. The Bertz CT molecular complexity index is 379. The summed E-state index contributed by atoms with van der Waals surface area (Å²) < 4.78 is 11.5. The Morgan fingerprint density at radius 3 is 1.91 bits per heavy atom. The van der Waals surface area contributed by atoms with Crippen molar-refractivity contribution in [1.29, 1.82) is 0 Å². The van der Waals surface area contributed by atoms with E-state index in [0.717, 1.165) is 12.8 Å². The van der Waals surface area contributed by atoms with Crippen molar-refractivity contribution in [3.63, 3.8) is 0 Å². The van der Waals surface area contributed by atoms with Crippen LogP contribution in [-0.4, -0.2) is 20.0 Å². The summed E-state index contributed by atoms with van der Waals surface area (Å²) in [6, 6.07) is 8.65. The Balaban J connectivity index is 2.40. The van der Waals surface area contributed by atoms with E-state index in [-0.39, 0.29) is 0 Å². The molecule has 0 heterocycles. The van der Waals surface area contributed by atoms with Gasteiger partial charge in [0, 0.05) is 27.1 Å². The minimum absolute atomic E-state index is 0.474. The molecule has 2 heteroatoms. The average molecular weight is 306 g/mol. The SMILES string of the molecule is CCCCCCCCCC(Cc1ccc(C)cc1)(OC)OC. The van der Waals surface area contributed by atoms with Crippen LogP contribution in [0, 0.1) is 6.92 Å². The maximum absolute atomic E-state index is 5.74. The number of hydrogen-bond donors (Lipinski definition) is 0. The number of rotatable bonds is 12. The summed E-state index contributed by atoms with van der Waals surface area (Å²) >= 11 is 0. The maximum atomic E-state index is 5.74. The van der Waals surface area contributed by atoms with E-state index in [2.05, 4.69) is 38.1 Å². The number of aryl methyl sites for hydroxylation is 1. The van der Waals surface area contributed by atoms with E-state index < -0.39 is 5.79 Å². The molecule has 1 aromatic rings. The van der Waals surface area contributed by atoms with Gasteiger partial charge in [0.05, 0.1) is 0 Å². The van der Waals surface area contributed by atoms with Crippen molar-refractivity contribution in [2.24, 2.45) is 0 Å². The van der Waals surface area contributed by atoms with Gasteiger partial charge in [-0.15, -0.1) is 0 Å². The maximum Gasteiger partial charge on any atom is 0.171 e. The molecule has 0 aromatic heterocycles.